The smallest absolute Gasteiger partial charge is 0.184 e. The van der Waals surface area contributed by atoms with Crippen LogP contribution in [0.25, 0.3) is 10.8 Å². The van der Waals surface area contributed by atoms with Crippen LogP contribution in [0.5, 0.6) is 0 Å². The minimum absolute atomic E-state index is 0.0489. The number of carbonyl (C=O) groups is 1. The zero-order valence-electron chi connectivity index (χ0n) is 18.8. The molecule has 0 aromatic heterocycles. The molecular weight excluding hydrogens is 410 g/mol. The lowest BCUT2D eigenvalue weighted by Crippen LogP contribution is -2.03. The zero-order valence-corrected chi connectivity index (χ0v) is 19.6. The van der Waals surface area contributed by atoms with Crippen LogP contribution < -0.4 is 0 Å². The molecule has 0 aliphatic heterocycles. The minimum Gasteiger partial charge on any atom is -0.292 e. The Morgan fingerprint density at radius 2 is 1.88 bits per heavy atom. The summed E-state index contributed by atoms with van der Waals surface area (Å²) in [5, 5.41) is 3.35. The summed E-state index contributed by atoms with van der Waals surface area (Å²) in [5.41, 5.74) is 6.07. The van der Waals surface area contributed by atoms with Crippen LogP contribution in [0.4, 0.5) is 0 Å². The van der Waals surface area contributed by atoms with Gasteiger partial charge in [-0.1, -0.05) is 78.4 Å². The lowest BCUT2D eigenvalue weighted by Gasteiger charge is -2.11. The summed E-state index contributed by atoms with van der Waals surface area (Å²) in [6.07, 6.45) is 10.1. The van der Waals surface area contributed by atoms with Gasteiger partial charge in [0.1, 0.15) is 6.54 Å². The molecule has 3 aromatic rings. The third-order valence-electron chi connectivity index (χ3n) is 5.87. The summed E-state index contributed by atoms with van der Waals surface area (Å²) in [6, 6.07) is 21.0. The van der Waals surface area contributed by atoms with E-state index in [4.69, 9.17) is 0 Å². The number of nitrogens with zero attached hydrogens (tertiary/aromatic N) is 1. The minimum atomic E-state index is 0.0489. The third kappa shape index (κ3) is 5.28. The maximum Gasteiger partial charge on any atom is 0.184 e. The predicted octanol–water partition coefficient (Wildman–Crippen LogP) is 7.32. The van der Waals surface area contributed by atoms with Crippen molar-refractivity contribution in [3.8, 4) is 0 Å². The van der Waals surface area contributed by atoms with Crippen molar-refractivity contribution in [1.82, 2.24) is 0 Å². The van der Waals surface area contributed by atoms with E-state index < -0.39 is 0 Å². The van der Waals surface area contributed by atoms with Crippen LogP contribution in [0.2, 0.25) is 0 Å². The molecule has 0 heterocycles. The SMILES string of the molecule is C/C=C\C(=C/C=NCC(=O)c1ccc(C)cc1)CCSC1Cc2cccc3cccc1c23. The quantitative estimate of drug-likeness (QED) is 0.198. The van der Waals surface area contributed by atoms with Gasteiger partial charge in [-0.3, -0.25) is 9.79 Å². The van der Waals surface area contributed by atoms with Gasteiger partial charge in [-0.2, -0.15) is 11.8 Å². The second-order valence-corrected chi connectivity index (χ2v) is 9.51. The molecule has 1 aliphatic carbocycles. The zero-order chi connectivity index (χ0) is 22.3. The molecule has 0 spiro atoms. The van der Waals surface area contributed by atoms with Crippen molar-refractivity contribution < 1.29 is 4.79 Å². The molecule has 3 heteroatoms. The van der Waals surface area contributed by atoms with Crippen molar-refractivity contribution in [3.05, 3.63) is 107 Å². The standard InChI is InChI=1S/C29H29NOS/c1-3-6-22(15-17-30-20-27(31)23-13-11-21(2)12-14-23)16-18-32-28-19-25-9-4-7-24-8-5-10-26(28)29(24)25/h3-15,17,28H,16,18-20H2,1-2H3/b6-3-,22-15+,30-17?. The molecule has 3 aromatic carbocycles. The highest BCUT2D eigenvalue weighted by atomic mass is 32.2. The van der Waals surface area contributed by atoms with Crippen LogP contribution in [0.1, 0.15) is 45.6 Å². The molecule has 1 atom stereocenters. The number of hydrogen-bond donors (Lipinski definition) is 0. The highest BCUT2D eigenvalue weighted by Crippen LogP contribution is 2.44. The fourth-order valence-electron chi connectivity index (χ4n) is 4.22. The Hall–Kier alpha value is -2.91. The number of aryl methyl sites for hydroxylation is 1. The molecule has 2 nitrogen and oxygen atoms in total. The van der Waals surface area contributed by atoms with Crippen molar-refractivity contribution in [2.75, 3.05) is 12.3 Å². The van der Waals surface area contributed by atoms with E-state index >= 15 is 0 Å². The van der Waals surface area contributed by atoms with Crippen LogP contribution in [0.15, 0.2) is 89.5 Å². The number of ketones is 1. The van der Waals surface area contributed by atoms with Gasteiger partial charge in [-0.05, 0) is 66.0 Å². The first-order valence-corrected chi connectivity index (χ1v) is 12.2. The number of carbonyl (C=O) groups excluding carboxylic acids is 1. The van der Waals surface area contributed by atoms with E-state index in [1.807, 2.05) is 56.0 Å². The fraction of sp³-hybridized carbons (Fsp3) is 0.241. The number of hydrogen-bond acceptors (Lipinski definition) is 3. The van der Waals surface area contributed by atoms with Gasteiger partial charge in [-0.15, -0.1) is 0 Å². The van der Waals surface area contributed by atoms with Crippen LogP contribution in [-0.2, 0) is 6.42 Å². The Balaban J connectivity index is 1.32. The summed E-state index contributed by atoms with van der Waals surface area (Å²) in [7, 11) is 0. The molecule has 32 heavy (non-hydrogen) atoms. The van der Waals surface area contributed by atoms with E-state index in [2.05, 4.69) is 53.5 Å². The topological polar surface area (TPSA) is 29.4 Å². The van der Waals surface area contributed by atoms with Gasteiger partial charge in [0.05, 0.1) is 0 Å². The van der Waals surface area contributed by atoms with Crippen LogP contribution >= 0.6 is 11.8 Å². The average molecular weight is 440 g/mol. The summed E-state index contributed by atoms with van der Waals surface area (Å²) in [6.45, 7) is 4.24. The summed E-state index contributed by atoms with van der Waals surface area (Å²) < 4.78 is 0. The number of rotatable bonds is 9. The van der Waals surface area contributed by atoms with Crippen molar-refractivity contribution in [1.29, 1.82) is 0 Å². The van der Waals surface area contributed by atoms with E-state index in [1.165, 1.54) is 27.5 Å². The highest BCUT2D eigenvalue weighted by Gasteiger charge is 2.24. The first-order chi connectivity index (χ1) is 15.7. The van der Waals surface area contributed by atoms with E-state index in [0.29, 0.717) is 5.25 Å². The normalized spacial score (nSPS) is 15.9. The molecular formula is C29H29NOS. The molecule has 0 radical (unpaired) electrons. The maximum atomic E-state index is 12.3. The van der Waals surface area contributed by atoms with E-state index in [-0.39, 0.29) is 12.3 Å². The first-order valence-electron chi connectivity index (χ1n) is 11.2. The monoisotopic (exact) mass is 439 g/mol. The molecule has 4 rings (SSSR count). The van der Waals surface area contributed by atoms with Gasteiger partial charge < -0.3 is 0 Å². The lowest BCUT2D eigenvalue weighted by molar-refractivity contribution is 0.100. The Bertz CT molecular complexity index is 1180. The van der Waals surface area contributed by atoms with E-state index in [9.17, 15) is 4.79 Å². The molecule has 0 saturated carbocycles. The number of benzene rings is 3. The van der Waals surface area contributed by atoms with Crippen molar-refractivity contribution in [2.45, 2.75) is 31.9 Å². The molecule has 1 unspecified atom stereocenters. The van der Waals surface area contributed by atoms with Gasteiger partial charge in [0, 0.05) is 17.0 Å². The van der Waals surface area contributed by atoms with Crippen molar-refractivity contribution in [3.63, 3.8) is 0 Å². The number of allylic oxidation sites excluding steroid dienone is 4. The second-order valence-electron chi connectivity index (χ2n) is 8.20. The average Bonchev–Trinajstić information content (AvgIpc) is 3.16. The molecule has 0 fully saturated rings. The molecule has 0 saturated heterocycles. The van der Waals surface area contributed by atoms with Gasteiger partial charge in [-0.25, -0.2) is 0 Å². The summed E-state index contributed by atoms with van der Waals surface area (Å²) >= 11 is 2.04. The van der Waals surface area contributed by atoms with Crippen molar-refractivity contribution >= 4 is 34.5 Å². The van der Waals surface area contributed by atoms with Crippen LogP contribution in [0.3, 0.4) is 0 Å². The molecule has 0 bridgehead atoms. The molecule has 162 valence electrons. The Labute approximate surface area is 195 Å². The van der Waals surface area contributed by atoms with Gasteiger partial charge in [0.2, 0.25) is 0 Å². The lowest BCUT2D eigenvalue weighted by atomic mass is 10.1. The van der Waals surface area contributed by atoms with Gasteiger partial charge in [0.15, 0.2) is 5.78 Å². The van der Waals surface area contributed by atoms with E-state index in [0.717, 1.165) is 29.7 Å². The first kappa shape index (κ1) is 22.3. The summed E-state index contributed by atoms with van der Waals surface area (Å²) in [4.78, 5) is 16.6. The van der Waals surface area contributed by atoms with Crippen molar-refractivity contribution in [2.24, 2.45) is 4.99 Å². The number of thioether (sulfide) groups is 1. The highest BCUT2D eigenvalue weighted by molar-refractivity contribution is 7.99. The predicted molar refractivity (Wildman–Crippen MR) is 139 cm³/mol. The molecule has 0 amide bonds. The number of Topliss-reactive ketones (excluding diaryl/α,β-unsaturated/α-hetero) is 1. The third-order valence-corrected chi connectivity index (χ3v) is 7.13. The van der Waals surface area contributed by atoms with Crippen LogP contribution in [0, 0.1) is 6.92 Å². The van der Waals surface area contributed by atoms with Gasteiger partial charge >= 0.3 is 0 Å². The number of aliphatic imine (C=N–C) groups is 1. The molecule has 0 N–H and O–H groups in total. The molecule has 1 aliphatic rings. The summed E-state index contributed by atoms with van der Waals surface area (Å²) in [5.74, 6) is 1.11. The Morgan fingerprint density at radius 3 is 2.66 bits per heavy atom. The Morgan fingerprint density at radius 1 is 1.09 bits per heavy atom. The Kier molecular flexibility index (Phi) is 7.39. The van der Waals surface area contributed by atoms with E-state index in [1.54, 1.807) is 6.21 Å². The van der Waals surface area contributed by atoms with Gasteiger partial charge in [0.25, 0.3) is 0 Å². The fourth-order valence-corrected chi connectivity index (χ4v) is 5.53. The second kappa shape index (κ2) is 10.6. The van der Waals surface area contributed by atoms with Crippen LogP contribution in [-0.4, -0.2) is 24.3 Å². The maximum absolute atomic E-state index is 12.3. The largest absolute Gasteiger partial charge is 0.292 e.